The summed E-state index contributed by atoms with van der Waals surface area (Å²) in [5.41, 5.74) is 7.41. The molecule has 3 N–H and O–H groups in total. The zero-order valence-corrected chi connectivity index (χ0v) is 11.7. The second kappa shape index (κ2) is 7.89. The number of benzene rings is 1. The number of carbonyl (C=O) groups is 1. The van der Waals surface area contributed by atoms with Gasteiger partial charge in [-0.15, -0.1) is 0 Å². The van der Waals surface area contributed by atoms with Gasteiger partial charge in [-0.25, -0.2) is 0 Å². The zero-order chi connectivity index (χ0) is 14.3. The molecule has 5 heteroatoms. The van der Waals surface area contributed by atoms with E-state index in [2.05, 4.69) is 5.32 Å². The van der Waals surface area contributed by atoms with Crippen LogP contribution in [0.15, 0.2) is 24.3 Å². The Labute approximate surface area is 114 Å². The van der Waals surface area contributed by atoms with Crippen molar-refractivity contribution in [2.24, 2.45) is 5.73 Å². The molecule has 0 aliphatic heterocycles. The molecule has 0 fully saturated rings. The van der Waals surface area contributed by atoms with Gasteiger partial charge in [0, 0.05) is 12.8 Å². The van der Waals surface area contributed by atoms with E-state index in [9.17, 15) is 4.79 Å². The summed E-state index contributed by atoms with van der Waals surface area (Å²) in [5.74, 6) is -0.256. The summed E-state index contributed by atoms with van der Waals surface area (Å²) in [4.78, 5) is 11.7. The third-order valence-electron chi connectivity index (χ3n) is 2.49. The summed E-state index contributed by atoms with van der Waals surface area (Å²) < 4.78 is 10.3. The summed E-state index contributed by atoms with van der Waals surface area (Å²) in [6.07, 6.45) is 0.200. The number of carbonyl (C=O) groups excluding carboxylic acids is 1. The second-order valence-electron chi connectivity index (χ2n) is 4.61. The Morgan fingerprint density at radius 3 is 2.47 bits per heavy atom. The van der Waals surface area contributed by atoms with Crippen LogP contribution in [-0.4, -0.2) is 31.8 Å². The van der Waals surface area contributed by atoms with E-state index >= 15 is 0 Å². The van der Waals surface area contributed by atoms with Crippen LogP contribution in [0.25, 0.3) is 0 Å². The minimum Gasteiger partial charge on any atom is -0.383 e. The highest BCUT2D eigenvalue weighted by Gasteiger charge is 2.12. The number of amides is 1. The van der Waals surface area contributed by atoms with E-state index in [1.165, 1.54) is 7.11 Å². The number of methoxy groups -OCH3 is 1. The number of hydrogen-bond donors (Lipinski definition) is 2. The normalized spacial score (nSPS) is 12.5. The van der Waals surface area contributed by atoms with Gasteiger partial charge in [0.1, 0.15) is 6.04 Å². The minimum absolute atomic E-state index is 0.200. The molecular weight excluding hydrogens is 244 g/mol. The van der Waals surface area contributed by atoms with Crippen LogP contribution in [0, 0.1) is 0 Å². The lowest BCUT2D eigenvalue weighted by Gasteiger charge is -2.12. The van der Waals surface area contributed by atoms with Crippen molar-refractivity contribution in [3.8, 4) is 0 Å². The summed E-state index contributed by atoms with van der Waals surface area (Å²) >= 11 is 0. The molecule has 106 valence electrons. The van der Waals surface area contributed by atoms with Crippen molar-refractivity contribution in [2.75, 3.05) is 19.0 Å². The Bertz CT molecular complexity index is 390. The molecule has 19 heavy (non-hydrogen) atoms. The van der Waals surface area contributed by atoms with Crippen molar-refractivity contribution in [1.82, 2.24) is 0 Å². The highest BCUT2D eigenvalue weighted by molar-refractivity contribution is 5.94. The number of ether oxygens (including phenoxy) is 2. The molecule has 0 spiro atoms. The molecule has 0 aliphatic rings. The van der Waals surface area contributed by atoms with E-state index in [0.29, 0.717) is 12.3 Å². The Balaban J connectivity index is 2.50. The van der Waals surface area contributed by atoms with Crippen LogP contribution in [0.4, 0.5) is 5.69 Å². The molecule has 0 bridgehead atoms. The number of anilines is 1. The molecule has 0 aromatic heterocycles. The van der Waals surface area contributed by atoms with E-state index in [1.54, 1.807) is 0 Å². The van der Waals surface area contributed by atoms with E-state index in [1.807, 2.05) is 38.1 Å². The topological polar surface area (TPSA) is 73.6 Å². The molecule has 5 nitrogen and oxygen atoms in total. The third-order valence-corrected chi connectivity index (χ3v) is 2.49. The molecule has 0 saturated heterocycles. The molecule has 1 amide bonds. The van der Waals surface area contributed by atoms with Gasteiger partial charge < -0.3 is 20.5 Å². The Hall–Kier alpha value is -1.43. The fourth-order valence-corrected chi connectivity index (χ4v) is 1.44. The van der Waals surface area contributed by atoms with Crippen LogP contribution in [0.2, 0.25) is 0 Å². The number of rotatable bonds is 7. The largest absolute Gasteiger partial charge is 0.383 e. The molecule has 1 unspecified atom stereocenters. The zero-order valence-electron chi connectivity index (χ0n) is 11.7. The molecule has 1 aromatic rings. The van der Waals surface area contributed by atoms with Crippen molar-refractivity contribution in [1.29, 1.82) is 0 Å². The molecule has 0 aliphatic carbocycles. The van der Waals surface area contributed by atoms with Gasteiger partial charge in [-0.3, -0.25) is 4.79 Å². The van der Waals surface area contributed by atoms with Gasteiger partial charge in [-0.1, -0.05) is 12.1 Å². The maximum Gasteiger partial charge on any atom is 0.243 e. The maximum atomic E-state index is 11.7. The third kappa shape index (κ3) is 5.83. The SMILES string of the molecule is COCC(N)C(=O)Nc1ccc(COC(C)C)cc1. The quantitative estimate of drug-likeness (QED) is 0.785. The van der Waals surface area contributed by atoms with Gasteiger partial charge in [0.05, 0.1) is 19.3 Å². The van der Waals surface area contributed by atoms with Gasteiger partial charge >= 0.3 is 0 Å². The van der Waals surface area contributed by atoms with Crippen molar-refractivity contribution in [2.45, 2.75) is 32.6 Å². The summed E-state index contributed by atoms with van der Waals surface area (Å²) in [6, 6.07) is 6.83. The first-order valence-electron chi connectivity index (χ1n) is 6.29. The van der Waals surface area contributed by atoms with Gasteiger partial charge in [-0.05, 0) is 31.5 Å². The maximum absolute atomic E-state index is 11.7. The first-order valence-corrected chi connectivity index (χ1v) is 6.29. The molecule has 0 radical (unpaired) electrons. The lowest BCUT2D eigenvalue weighted by molar-refractivity contribution is -0.118. The van der Waals surface area contributed by atoms with Gasteiger partial charge in [-0.2, -0.15) is 0 Å². The Kier molecular flexibility index (Phi) is 6.49. The number of nitrogens with two attached hydrogens (primary N) is 1. The number of hydrogen-bond acceptors (Lipinski definition) is 4. The Morgan fingerprint density at radius 1 is 1.32 bits per heavy atom. The minimum atomic E-state index is -0.658. The standard InChI is InChI=1S/C14H22N2O3/c1-10(2)19-8-11-4-6-12(7-5-11)16-14(17)13(15)9-18-3/h4-7,10,13H,8-9,15H2,1-3H3,(H,16,17). The first kappa shape index (κ1) is 15.6. The van der Waals surface area contributed by atoms with Crippen LogP contribution in [0.3, 0.4) is 0 Å². The summed E-state index contributed by atoms with van der Waals surface area (Å²) in [5, 5.41) is 2.73. The average Bonchev–Trinajstić information content (AvgIpc) is 2.38. The fraction of sp³-hybridized carbons (Fsp3) is 0.500. The fourth-order valence-electron chi connectivity index (χ4n) is 1.44. The van der Waals surface area contributed by atoms with Crippen molar-refractivity contribution in [3.05, 3.63) is 29.8 Å². The van der Waals surface area contributed by atoms with E-state index < -0.39 is 6.04 Å². The smallest absolute Gasteiger partial charge is 0.243 e. The van der Waals surface area contributed by atoms with Crippen LogP contribution in [-0.2, 0) is 20.9 Å². The van der Waals surface area contributed by atoms with Gasteiger partial charge in [0.15, 0.2) is 0 Å². The lowest BCUT2D eigenvalue weighted by atomic mass is 10.2. The highest BCUT2D eigenvalue weighted by atomic mass is 16.5. The van der Waals surface area contributed by atoms with Crippen LogP contribution in [0.1, 0.15) is 19.4 Å². The van der Waals surface area contributed by atoms with Crippen molar-refractivity contribution in [3.63, 3.8) is 0 Å². The van der Waals surface area contributed by atoms with E-state index in [0.717, 1.165) is 5.56 Å². The van der Waals surface area contributed by atoms with Gasteiger partial charge in [0.2, 0.25) is 5.91 Å². The van der Waals surface area contributed by atoms with Crippen LogP contribution in [0.5, 0.6) is 0 Å². The molecule has 0 saturated carbocycles. The van der Waals surface area contributed by atoms with E-state index in [4.69, 9.17) is 15.2 Å². The summed E-state index contributed by atoms with van der Waals surface area (Å²) in [6.45, 7) is 4.75. The monoisotopic (exact) mass is 266 g/mol. The molecule has 1 aromatic carbocycles. The molecule has 1 atom stereocenters. The Morgan fingerprint density at radius 2 is 1.95 bits per heavy atom. The predicted molar refractivity (Wildman–Crippen MR) is 74.8 cm³/mol. The first-order chi connectivity index (χ1) is 9.02. The lowest BCUT2D eigenvalue weighted by Crippen LogP contribution is -2.39. The highest BCUT2D eigenvalue weighted by Crippen LogP contribution is 2.11. The molecule has 0 heterocycles. The molecular formula is C14H22N2O3. The van der Waals surface area contributed by atoms with Crippen molar-refractivity contribution >= 4 is 11.6 Å². The number of nitrogens with one attached hydrogen (secondary N) is 1. The van der Waals surface area contributed by atoms with Crippen LogP contribution >= 0.6 is 0 Å². The second-order valence-corrected chi connectivity index (χ2v) is 4.61. The van der Waals surface area contributed by atoms with Crippen LogP contribution < -0.4 is 11.1 Å². The van der Waals surface area contributed by atoms with Crippen molar-refractivity contribution < 1.29 is 14.3 Å². The van der Waals surface area contributed by atoms with E-state index in [-0.39, 0.29) is 18.6 Å². The molecule has 1 rings (SSSR count). The summed E-state index contributed by atoms with van der Waals surface area (Å²) in [7, 11) is 1.51. The van der Waals surface area contributed by atoms with Gasteiger partial charge in [0.25, 0.3) is 0 Å². The average molecular weight is 266 g/mol. The predicted octanol–water partition coefficient (Wildman–Crippen LogP) is 1.52.